The van der Waals surface area contributed by atoms with Crippen molar-refractivity contribution in [1.82, 2.24) is 0 Å². The predicted molar refractivity (Wildman–Crippen MR) is 65.0 cm³/mol. The molecule has 0 aliphatic heterocycles. The van der Waals surface area contributed by atoms with Gasteiger partial charge in [-0.1, -0.05) is 13.3 Å². The van der Waals surface area contributed by atoms with Crippen LogP contribution >= 0.6 is 0 Å². The number of rotatable bonds is 6. The molecule has 0 spiro atoms. The molecule has 3 nitrogen and oxygen atoms in total. The standard InChI is InChI=1S/C12H19FN2O/c1-2-3-4-15(5-6-16)12-8-10(13)7-11(14)9-12/h7-9,16H,2-6,14H2,1H3. The monoisotopic (exact) mass is 226 g/mol. The number of benzene rings is 1. The van der Waals surface area contributed by atoms with Crippen LogP contribution in [0.15, 0.2) is 18.2 Å². The summed E-state index contributed by atoms with van der Waals surface area (Å²) in [4.78, 5) is 1.95. The summed E-state index contributed by atoms with van der Waals surface area (Å²) in [5, 5.41) is 8.97. The molecular weight excluding hydrogens is 207 g/mol. The Morgan fingerprint density at radius 2 is 2.06 bits per heavy atom. The average Bonchev–Trinajstić information content (AvgIpc) is 2.22. The second-order valence-corrected chi connectivity index (χ2v) is 3.81. The van der Waals surface area contributed by atoms with Crippen LogP contribution in [0.1, 0.15) is 19.8 Å². The molecule has 0 aliphatic carbocycles. The third-order valence-corrected chi connectivity index (χ3v) is 2.42. The lowest BCUT2D eigenvalue weighted by atomic mass is 10.2. The minimum absolute atomic E-state index is 0.0557. The molecule has 0 fully saturated rings. The van der Waals surface area contributed by atoms with E-state index in [0.29, 0.717) is 12.2 Å². The molecule has 3 N–H and O–H groups in total. The van der Waals surface area contributed by atoms with Gasteiger partial charge in [-0.15, -0.1) is 0 Å². The summed E-state index contributed by atoms with van der Waals surface area (Å²) < 4.78 is 13.2. The van der Waals surface area contributed by atoms with Gasteiger partial charge in [0.05, 0.1) is 6.61 Å². The van der Waals surface area contributed by atoms with Crippen molar-refractivity contribution in [3.8, 4) is 0 Å². The van der Waals surface area contributed by atoms with Gasteiger partial charge >= 0.3 is 0 Å². The highest BCUT2D eigenvalue weighted by Crippen LogP contribution is 2.20. The van der Waals surface area contributed by atoms with E-state index in [4.69, 9.17) is 10.8 Å². The maximum Gasteiger partial charge on any atom is 0.127 e. The SMILES string of the molecule is CCCCN(CCO)c1cc(N)cc(F)c1. The Hall–Kier alpha value is -1.29. The molecule has 1 aromatic carbocycles. The van der Waals surface area contributed by atoms with Crippen molar-refractivity contribution in [2.45, 2.75) is 19.8 Å². The Labute approximate surface area is 95.7 Å². The number of nitrogens with zero attached hydrogens (tertiary/aromatic N) is 1. The van der Waals surface area contributed by atoms with Gasteiger partial charge in [-0.25, -0.2) is 4.39 Å². The minimum Gasteiger partial charge on any atom is -0.399 e. The number of hydrogen-bond acceptors (Lipinski definition) is 3. The van der Waals surface area contributed by atoms with Gasteiger partial charge in [-0.2, -0.15) is 0 Å². The van der Waals surface area contributed by atoms with Crippen molar-refractivity contribution < 1.29 is 9.50 Å². The highest BCUT2D eigenvalue weighted by molar-refractivity contribution is 5.56. The van der Waals surface area contributed by atoms with Crippen LogP contribution < -0.4 is 10.6 Å². The third-order valence-electron chi connectivity index (χ3n) is 2.42. The van der Waals surface area contributed by atoms with Crippen LogP contribution in [0.3, 0.4) is 0 Å². The quantitative estimate of drug-likeness (QED) is 0.729. The van der Waals surface area contributed by atoms with Crippen LogP contribution in [0.4, 0.5) is 15.8 Å². The maximum atomic E-state index is 13.2. The predicted octanol–water partition coefficient (Wildman–Crippen LogP) is 2.01. The van der Waals surface area contributed by atoms with E-state index >= 15 is 0 Å². The molecule has 0 atom stereocenters. The average molecular weight is 226 g/mol. The van der Waals surface area contributed by atoms with Gasteiger partial charge in [0.2, 0.25) is 0 Å². The van der Waals surface area contributed by atoms with Gasteiger partial charge in [0, 0.05) is 24.5 Å². The Bertz CT molecular complexity index is 311. The number of anilines is 2. The topological polar surface area (TPSA) is 49.5 Å². The van der Waals surface area contributed by atoms with Crippen LogP contribution in [-0.2, 0) is 0 Å². The number of nitrogens with two attached hydrogens (primary N) is 1. The normalized spacial score (nSPS) is 10.4. The summed E-state index contributed by atoms with van der Waals surface area (Å²) in [5.74, 6) is -0.338. The van der Waals surface area contributed by atoms with Gasteiger partial charge in [0.25, 0.3) is 0 Å². The van der Waals surface area contributed by atoms with E-state index in [1.54, 1.807) is 6.07 Å². The van der Waals surface area contributed by atoms with Crippen molar-refractivity contribution in [3.05, 3.63) is 24.0 Å². The first-order valence-electron chi connectivity index (χ1n) is 5.59. The second kappa shape index (κ2) is 6.33. The van der Waals surface area contributed by atoms with E-state index in [9.17, 15) is 4.39 Å². The molecule has 4 heteroatoms. The molecule has 0 bridgehead atoms. The maximum absolute atomic E-state index is 13.2. The van der Waals surface area contributed by atoms with Gasteiger partial charge in [0.1, 0.15) is 5.82 Å². The fourth-order valence-corrected chi connectivity index (χ4v) is 1.62. The largest absolute Gasteiger partial charge is 0.399 e. The minimum atomic E-state index is -0.338. The van der Waals surface area contributed by atoms with Crippen molar-refractivity contribution in [3.63, 3.8) is 0 Å². The number of unbranched alkanes of at least 4 members (excludes halogenated alkanes) is 1. The summed E-state index contributed by atoms with van der Waals surface area (Å²) in [7, 11) is 0. The molecule has 0 saturated carbocycles. The second-order valence-electron chi connectivity index (χ2n) is 3.81. The molecule has 1 rings (SSSR count). The third kappa shape index (κ3) is 3.70. The summed E-state index contributed by atoms with van der Waals surface area (Å²) in [6.07, 6.45) is 2.07. The summed E-state index contributed by atoms with van der Waals surface area (Å²) in [6.45, 7) is 3.46. The molecular formula is C12H19FN2O. The lowest BCUT2D eigenvalue weighted by Gasteiger charge is -2.24. The first-order valence-corrected chi connectivity index (χ1v) is 5.59. The Balaban J connectivity index is 2.82. The van der Waals surface area contributed by atoms with Gasteiger partial charge < -0.3 is 15.7 Å². The number of aliphatic hydroxyl groups excluding tert-OH is 1. The van der Waals surface area contributed by atoms with E-state index < -0.39 is 0 Å². The molecule has 0 saturated heterocycles. The fourth-order valence-electron chi connectivity index (χ4n) is 1.62. The van der Waals surface area contributed by atoms with E-state index in [-0.39, 0.29) is 12.4 Å². The van der Waals surface area contributed by atoms with E-state index in [1.807, 2.05) is 4.90 Å². The summed E-state index contributed by atoms with van der Waals surface area (Å²) in [5.41, 5.74) is 6.74. The molecule has 1 aromatic rings. The van der Waals surface area contributed by atoms with Crippen molar-refractivity contribution in [2.75, 3.05) is 30.3 Å². The molecule has 0 aliphatic rings. The van der Waals surface area contributed by atoms with Crippen LogP contribution in [0.2, 0.25) is 0 Å². The van der Waals surface area contributed by atoms with Gasteiger partial charge in [0.15, 0.2) is 0 Å². The number of halogens is 1. The Morgan fingerprint density at radius 3 is 2.62 bits per heavy atom. The van der Waals surface area contributed by atoms with E-state index in [2.05, 4.69) is 6.92 Å². The smallest absolute Gasteiger partial charge is 0.127 e. The van der Waals surface area contributed by atoms with Gasteiger partial charge in [-0.3, -0.25) is 0 Å². The zero-order chi connectivity index (χ0) is 12.0. The lowest BCUT2D eigenvalue weighted by molar-refractivity contribution is 0.301. The first-order chi connectivity index (χ1) is 7.67. The van der Waals surface area contributed by atoms with Crippen molar-refractivity contribution in [1.29, 1.82) is 0 Å². The highest BCUT2D eigenvalue weighted by atomic mass is 19.1. The molecule has 90 valence electrons. The molecule has 0 radical (unpaired) electrons. The van der Waals surface area contributed by atoms with Crippen LogP contribution in [0.25, 0.3) is 0 Å². The zero-order valence-corrected chi connectivity index (χ0v) is 9.62. The molecule has 0 heterocycles. The molecule has 0 unspecified atom stereocenters. The fraction of sp³-hybridized carbons (Fsp3) is 0.500. The lowest BCUT2D eigenvalue weighted by Crippen LogP contribution is -2.27. The van der Waals surface area contributed by atoms with Crippen molar-refractivity contribution >= 4 is 11.4 Å². The highest BCUT2D eigenvalue weighted by Gasteiger charge is 2.07. The number of aliphatic hydroxyl groups is 1. The van der Waals surface area contributed by atoms with E-state index in [1.165, 1.54) is 12.1 Å². The van der Waals surface area contributed by atoms with Gasteiger partial charge in [-0.05, 0) is 24.6 Å². The first kappa shape index (κ1) is 12.8. The van der Waals surface area contributed by atoms with Crippen molar-refractivity contribution in [2.24, 2.45) is 0 Å². The van der Waals surface area contributed by atoms with Crippen LogP contribution in [0, 0.1) is 5.82 Å². The van der Waals surface area contributed by atoms with E-state index in [0.717, 1.165) is 25.1 Å². The van der Waals surface area contributed by atoms with Crippen LogP contribution in [-0.4, -0.2) is 24.8 Å². The Kier molecular flexibility index (Phi) is 5.05. The van der Waals surface area contributed by atoms with Crippen LogP contribution in [0.5, 0.6) is 0 Å². The number of hydrogen-bond donors (Lipinski definition) is 2. The summed E-state index contributed by atoms with van der Waals surface area (Å²) in [6, 6.07) is 4.47. The Morgan fingerprint density at radius 1 is 1.31 bits per heavy atom. The number of nitrogen functional groups attached to an aromatic ring is 1. The molecule has 0 amide bonds. The summed E-state index contributed by atoms with van der Waals surface area (Å²) >= 11 is 0. The molecule has 0 aromatic heterocycles. The zero-order valence-electron chi connectivity index (χ0n) is 9.62. The molecule has 16 heavy (non-hydrogen) atoms.